The smallest absolute Gasteiger partial charge is 0.226 e. The van der Waals surface area contributed by atoms with Crippen molar-refractivity contribution in [3.63, 3.8) is 0 Å². The fraction of sp³-hybridized carbons (Fsp3) is 0.929. The Kier molecular flexibility index (Phi) is 3.32. The van der Waals surface area contributed by atoms with Gasteiger partial charge in [-0.2, -0.15) is 0 Å². The minimum Gasteiger partial charge on any atom is -0.371 e. The van der Waals surface area contributed by atoms with Crippen LogP contribution in [0.1, 0.15) is 33.1 Å². The minimum absolute atomic E-state index is 0.0709. The van der Waals surface area contributed by atoms with Crippen LogP contribution >= 0.6 is 0 Å². The maximum atomic E-state index is 12.1. The highest BCUT2D eigenvalue weighted by molar-refractivity contribution is 5.80. The molecule has 1 N–H and O–H groups in total. The van der Waals surface area contributed by atoms with Crippen LogP contribution in [0.5, 0.6) is 0 Å². The number of hydrogen-bond acceptors (Lipinski definition) is 3. The highest BCUT2D eigenvalue weighted by atomic mass is 16.5. The molecule has 2 bridgehead atoms. The van der Waals surface area contributed by atoms with Gasteiger partial charge in [-0.1, -0.05) is 0 Å². The standard InChI is InChI=1S/C14H24N2O2/c1-9(2)15-14(17)12-5-11-7-16(6-10-3-4-10)8-13(12)18-11/h9-13H,3-8H2,1-2H3,(H,15,17)/t11-,12+,13-/m1/s1. The molecule has 3 aliphatic rings. The van der Waals surface area contributed by atoms with Crippen LogP contribution in [0.25, 0.3) is 0 Å². The van der Waals surface area contributed by atoms with Crippen molar-refractivity contribution in [1.82, 2.24) is 10.2 Å². The van der Waals surface area contributed by atoms with Gasteiger partial charge < -0.3 is 10.1 Å². The summed E-state index contributed by atoms with van der Waals surface area (Å²) in [4.78, 5) is 14.6. The molecule has 0 unspecified atom stereocenters. The van der Waals surface area contributed by atoms with Crippen LogP contribution in [0.3, 0.4) is 0 Å². The summed E-state index contributed by atoms with van der Waals surface area (Å²) in [6, 6.07) is 0.223. The number of nitrogens with zero attached hydrogens (tertiary/aromatic N) is 1. The monoisotopic (exact) mass is 252 g/mol. The zero-order valence-electron chi connectivity index (χ0n) is 11.4. The fourth-order valence-corrected chi connectivity index (χ4v) is 3.22. The summed E-state index contributed by atoms with van der Waals surface area (Å²) in [7, 11) is 0. The Morgan fingerprint density at radius 1 is 1.39 bits per heavy atom. The SMILES string of the molecule is CC(C)NC(=O)[C@H]1C[C@@H]2CN(CC3CC3)C[C@H]1O2. The molecular weight excluding hydrogens is 228 g/mol. The van der Waals surface area contributed by atoms with Gasteiger partial charge in [0.05, 0.1) is 18.1 Å². The molecule has 4 nitrogen and oxygen atoms in total. The quantitative estimate of drug-likeness (QED) is 0.812. The first-order valence-corrected chi connectivity index (χ1v) is 7.30. The lowest BCUT2D eigenvalue weighted by molar-refractivity contribution is -0.128. The van der Waals surface area contributed by atoms with E-state index < -0.39 is 0 Å². The van der Waals surface area contributed by atoms with Crippen LogP contribution in [0.2, 0.25) is 0 Å². The predicted molar refractivity (Wildman–Crippen MR) is 69.2 cm³/mol. The zero-order chi connectivity index (χ0) is 12.7. The van der Waals surface area contributed by atoms with Gasteiger partial charge in [0.1, 0.15) is 0 Å². The lowest BCUT2D eigenvalue weighted by Crippen LogP contribution is -2.46. The molecule has 4 heteroatoms. The molecular formula is C14H24N2O2. The number of rotatable bonds is 4. The maximum Gasteiger partial charge on any atom is 0.226 e. The first kappa shape index (κ1) is 12.4. The third kappa shape index (κ3) is 2.69. The minimum atomic E-state index is 0.0709. The number of hydrogen-bond donors (Lipinski definition) is 1. The molecule has 18 heavy (non-hydrogen) atoms. The zero-order valence-corrected chi connectivity index (χ0v) is 11.4. The molecule has 3 fully saturated rings. The molecule has 1 amide bonds. The second-order valence-electron chi connectivity index (χ2n) is 6.46. The topological polar surface area (TPSA) is 41.6 Å². The summed E-state index contributed by atoms with van der Waals surface area (Å²) in [5, 5.41) is 3.03. The molecule has 2 aliphatic heterocycles. The normalized spacial score (nSPS) is 36.1. The molecule has 2 saturated heterocycles. The van der Waals surface area contributed by atoms with Crippen molar-refractivity contribution in [2.24, 2.45) is 11.8 Å². The van der Waals surface area contributed by atoms with Crippen LogP contribution < -0.4 is 5.32 Å². The Labute approximate surface area is 109 Å². The van der Waals surface area contributed by atoms with Crippen molar-refractivity contribution in [3.05, 3.63) is 0 Å². The lowest BCUT2D eigenvalue weighted by Gasteiger charge is -2.32. The van der Waals surface area contributed by atoms with Gasteiger partial charge in [0, 0.05) is 25.7 Å². The van der Waals surface area contributed by atoms with E-state index in [1.807, 2.05) is 13.8 Å². The number of likely N-dealkylation sites (tertiary alicyclic amines) is 1. The van der Waals surface area contributed by atoms with Crippen molar-refractivity contribution < 1.29 is 9.53 Å². The van der Waals surface area contributed by atoms with Gasteiger partial charge in [-0.25, -0.2) is 0 Å². The second kappa shape index (κ2) is 4.82. The Bertz CT molecular complexity index is 328. The molecule has 0 aromatic rings. The molecule has 3 atom stereocenters. The van der Waals surface area contributed by atoms with E-state index in [2.05, 4.69) is 10.2 Å². The number of fused-ring (bicyclic) bond motifs is 2. The summed E-state index contributed by atoms with van der Waals surface area (Å²) < 4.78 is 5.94. The number of morpholine rings is 1. The Balaban J connectivity index is 1.57. The van der Waals surface area contributed by atoms with E-state index in [0.29, 0.717) is 0 Å². The molecule has 1 saturated carbocycles. The van der Waals surface area contributed by atoms with E-state index in [-0.39, 0.29) is 30.1 Å². The molecule has 0 aromatic carbocycles. The van der Waals surface area contributed by atoms with E-state index in [0.717, 1.165) is 25.4 Å². The van der Waals surface area contributed by atoms with Gasteiger partial charge in [-0.05, 0) is 39.0 Å². The van der Waals surface area contributed by atoms with Crippen LogP contribution in [0.15, 0.2) is 0 Å². The average Bonchev–Trinajstić information content (AvgIpc) is 3.03. The predicted octanol–water partition coefficient (Wildman–Crippen LogP) is 1.01. The van der Waals surface area contributed by atoms with Gasteiger partial charge in [0.2, 0.25) is 5.91 Å². The van der Waals surface area contributed by atoms with E-state index in [4.69, 9.17) is 4.74 Å². The summed E-state index contributed by atoms with van der Waals surface area (Å²) >= 11 is 0. The average molecular weight is 252 g/mol. The molecule has 2 heterocycles. The third-order valence-electron chi connectivity index (χ3n) is 4.21. The van der Waals surface area contributed by atoms with E-state index in [1.54, 1.807) is 0 Å². The van der Waals surface area contributed by atoms with E-state index >= 15 is 0 Å². The summed E-state index contributed by atoms with van der Waals surface area (Å²) in [5.41, 5.74) is 0. The van der Waals surface area contributed by atoms with Gasteiger partial charge >= 0.3 is 0 Å². The summed E-state index contributed by atoms with van der Waals surface area (Å²) in [6.07, 6.45) is 4.10. The van der Waals surface area contributed by atoms with Crippen molar-refractivity contribution in [2.75, 3.05) is 19.6 Å². The number of carbonyl (C=O) groups is 1. The van der Waals surface area contributed by atoms with Gasteiger partial charge in [0.15, 0.2) is 0 Å². The Hall–Kier alpha value is -0.610. The maximum absolute atomic E-state index is 12.1. The van der Waals surface area contributed by atoms with Crippen LogP contribution in [-0.4, -0.2) is 48.7 Å². The molecule has 0 aromatic heterocycles. The van der Waals surface area contributed by atoms with Gasteiger partial charge in [-0.3, -0.25) is 9.69 Å². The van der Waals surface area contributed by atoms with Crippen molar-refractivity contribution in [3.8, 4) is 0 Å². The molecule has 0 radical (unpaired) electrons. The summed E-state index contributed by atoms with van der Waals surface area (Å²) in [6.45, 7) is 7.22. The number of amides is 1. The lowest BCUT2D eigenvalue weighted by atomic mass is 9.99. The van der Waals surface area contributed by atoms with E-state index in [1.165, 1.54) is 19.4 Å². The molecule has 102 valence electrons. The van der Waals surface area contributed by atoms with E-state index in [9.17, 15) is 4.79 Å². The summed E-state index contributed by atoms with van der Waals surface area (Å²) in [5.74, 6) is 1.18. The Morgan fingerprint density at radius 2 is 2.17 bits per heavy atom. The molecule has 0 spiro atoms. The third-order valence-corrected chi connectivity index (χ3v) is 4.21. The van der Waals surface area contributed by atoms with Crippen LogP contribution in [0, 0.1) is 11.8 Å². The fourth-order valence-electron chi connectivity index (χ4n) is 3.22. The molecule has 1 aliphatic carbocycles. The van der Waals surface area contributed by atoms with Crippen molar-refractivity contribution in [2.45, 2.75) is 51.4 Å². The number of carbonyl (C=O) groups excluding carboxylic acids is 1. The van der Waals surface area contributed by atoms with Crippen molar-refractivity contribution in [1.29, 1.82) is 0 Å². The van der Waals surface area contributed by atoms with Crippen LogP contribution in [0.4, 0.5) is 0 Å². The highest BCUT2D eigenvalue weighted by Crippen LogP contribution is 2.35. The largest absolute Gasteiger partial charge is 0.371 e. The number of nitrogens with one attached hydrogen (secondary N) is 1. The first-order valence-electron chi connectivity index (χ1n) is 7.30. The van der Waals surface area contributed by atoms with Crippen molar-refractivity contribution >= 4 is 5.91 Å². The first-order chi connectivity index (χ1) is 8.61. The van der Waals surface area contributed by atoms with Gasteiger partial charge in [-0.15, -0.1) is 0 Å². The number of ether oxygens (including phenoxy) is 1. The highest BCUT2D eigenvalue weighted by Gasteiger charge is 2.45. The second-order valence-corrected chi connectivity index (χ2v) is 6.46. The van der Waals surface area contributed by atoms with Gasteiger partial charge in [0.25, 0.3) is 0 Å². The Morgan fingerprint density at radius 3 is 2.83 bits per heavy atom. The van der Waals surface area contributed by atoms with Crippen LogP contribution in [-0.2, 0) is 9.53 Å². The molecule has 3 rings (SSSR count).